The number of thioether (sulfide) groups is 1. The molecule has 3 heterocycles. The van der Waals surface area contributed by atoms with Gasteiger partial charge < -0.3 is 9.32 Å². The van der Waals surface area contributed by atoms with E-state index in [1.807, 2.05) is 21.6 Å². The topological polar surface area (TPSA) is 110 Å². The molecule has 0 bridgehead atoms. The minimum absolute atomic E-state index is 0.108. The van der Waals surface area contributed by atoms with Gasteiger partial charge in [-0.15, -0.1) is 10.2 Å². The zero-order valence-corrected chi connectivity index (χ0v) is 20.2. The summed E-state index contributed by atoms with van der Waals surface area (Å²) in [4.78, 5) is 14.7. The molecule has 3 aromatic rings. The predicted octanol–water partition coefficient (Wildman–Crippen LogP) is 3.31. The summed E-state index contributed by atoms with van der Waals surface area (Å²) in [5, 5.41) is 9.32. The summed E-state index contributed by atoms with van der Waals surface area (Å²) in [6, 6.07) is 10.6. The predicted molar refractivity (Wildman–Crippen MR) is 127 cm³/mol. The van der Waals surface area contributed by atoms with Gasteiger partial charge in [0.25, 0.3) is 0 Å². The number of nitrogens with one attached hydrogen (secondary N) is 1. The molecule has 1 aliphatic rings. The third-order valence-electron chi connectivity index (χ3n) is 5.39. The molecule has 1 aliphatic heterocycles. The molecule has 2 aromatic heterocycles. The number of benzene rings is 1. The Bertz CT molecular complexity index is 1190. The van der Waals surface area contributed by atoms with Crippen LogP contribution in [0.5, 0.6) is 0 Å². The van der Waals surface area contributed by atoms with Gasteiger partial charge in [-0.05, 0) is 55.2 Å². The van der Waals surface area contributed by atoms with Crippen molar-refractivity contribution in [1.82, 2.24) is 19.7 Å². The second-order valence-electron chi connectivity index (χ2n) is 8.30. The molecule has 1 unspecified atom stereocenters. The van der Waals surface area contributed by atoms with Crippen LogP contribution in [0.2, 0.25) is 0 Å². The van der Waals surface area contributed by atoms with Gasteiger partial charge in [0.15, 0.2) is 11.0 Å². The van der Waals surface area contributed by atoms with Gasteiger partial charge in [0.1, 0.15) is 5.76 Å². The van der Waals surface area contributed by atoms with Gasteiger partial charge in [0, 0.05) is 24.3 Å². The van der Waals surface area contributed by atoms with Gasteiger partial charge in [-0.2, -0.15) is 0 Å². The SMILES string of the molecule is CC1CCCN(C(=O)CSc2nnc(-c3ccc(NS(C)(=O)=O)cc3)n2Cc2ccco2)C1. The summed E-state index contributed by atoms with van der Waals surface area (Å²) in [5.41, 5.74) is 1.24. The van der Waals surface area contributed by atoms with Crippen LogP contribution in [0.4, 0.5) is 5.69 Å². The normalized spacial score (nSPS) is 16.7. The molecule has 0 spiro atoms. The van der Waals surface area contributed by atoms with Crippen LogP contribution in [-0.4, -0.2) is 59.1 Å². The summed E-state index contributed by atoms with van der Waals surface area (Å²) in [6.07, 6.45) is 4.92. The maximum Gasteiger partial charge on any atom is 0.233 e. The van der Waals surface area contributed by atoms with Gasteiger partial charge >= 0.3 is 0 Å². The van der Waals surface area contributed by atoms with E-state index in [0.717, 1.165) is 43.5 Å². The minimum Gasteiger partial charge on any atom is -0.467 e. The van der Waals surface area contributed by atoms with E-state index in [0.29, 0.717) is 34.9 Å². The Labute approximate surface area is 197 Å². The molecule has 1 aromatic carbocycles. The van der Waals surface area contributed by atoms with E-state index in [9.17, 15) is 13.2 Å². The van der Waals surface area contributed by atoms with Crippen LogP contribution >= 0.6 is 11.8 Å². The summed E-state index contributed by atoms with van der Waals surface area (Å²) in [5.74, 6) is 2.28. The quantitative estimate of drug-likeness (QED) is 0.483. The Morgan fingerprint density at radius 1 is 1.24 bits per heavy atom. The zero-order valence-electron chi connectivity index (χ0n) is 18.6. The number of nitrogens with zero attached hydrogens (tertiary/aromatic N) is 4. The summed E-state index contributed by atoms with van der Waals surface area (Å²) in [6.45, 7) is 4.20. The second kappa shape index (κ2) is 10.0. The number of sulfonamides is 1. The molecular formula is C22H27N5O4S2. The van der Waals surface area contributed by atoms with E-state index < -0.39 is 10.0 Å². The van der Waals surface area contributed by atoms with E-state index in [1.165, 1.54) is 11.8 Å². The second-order valence-corrected chi connectivity index (χ2v) is 11.0. The van der Waals surface area contributed by atoms with Crippen LogP contribution in [0.15, 0.2) is 52.2 Å². The highest BCUT2D eigenvalue weighted by atomic mass is 32.2. The van der Waals surface area contributed by atoms with E-state index in [4.69, 9.17) is 4.42 Å². The Morgan fingerprint density at radius 3 is 2.70 bits per heavy atom. The molecular weight excluding hydrogens is 462 g/mol. The van der Waals surface area contributed by atoms with Gasteiger partial charge in [-0.3, -0.25) is 14.1 Å². The molecule has 1 N–H and O–H groups in total. The van der Waals surface area contributed by atoms with E-state index in [1.54, 1.807) is 30.5 Å². The smallest absolute Gasteiger partial charge is 0.233 e. The largest absolute Gasteiger partial charge is 0.467 e. The fourth-order valence-corrected chi connectivity index (χ4v) is 5.25. The number of carbonyl (C=O) groups excluding carboxylic acids is 1. The standard InChI is InChI=1S/C22H27N5O4S2/c1-16-5-3-11-26(13-16)20(28)15-32-22-24-23-21(27(22)14-19-6-4-12-31-19)17-7-9-18(10-8-17)25-33(2,29)30/h4,6-10,12,16,25H,3,5,11,13-15H2,1-2H3. The van der Waals surface area contributed by atoms with Gasteiger partial charge in [0.05, 0.1) is 24.8 Å². The Hall–Kier alpha value is -2.79. The van der Waals surface area contributed by atoms with Crippen molar-refractivity contribution in [2.45, 2.75) is 31.5 Å². The Balaban J connectivity index is 1.54. The molecule has 33 heavy (non-hydrogen) atoms. The van der Waals surface area contributed by atoms with E-state index in [-0.39, 0.29) is 5.91 Å². The molecule has 1 saturated heterocycles. The first-order valence-electron chi connectivity index (χ1n) is 10.7. The van der Waals surface area contributed by atoms with Crippen LogP contribution in [0, 0.1) is 5.92 Å². The number of carbonyl (C=O) groups is 1. The number of amides is 1. The first-order chi connectivity index (χ1) is 15.8. The minimum atomic E-state index is -3.36. The van der Waals surface area contributed by atoms with Crippen molar-refractivity contribution in [3.05, 3.63) is 48.4 Å². The van der Waals surface area contributed by atoms with Gasteiger partial charge in [0.2, 0.25) is 15.9 Å². The fraction of sp³-hybridized carbons (Fsp3) is 0.409. The number of piperidine rings is 1. The fourth-order valence-electron chi connectivity index (χ4n) is 3.84. The van der Waals surface area contributed by atoms with Crippen LogP contribution in [0.3, 0.4) is 0 Å². The lowest BCUT2D eigenvalue weighted by atomic mass is 10.0. The first-order valence-corrected chi connectivity index (χ1v) is 13.6. The third kappa shape index (κ3) is 6.17. The highest BCUT2D eigenvalue weighted by Gasteiger charge is 2.23. The van der Waals surface area contributed by atoms with Gasteiger partial charge in [-0.25, -0.2) is 8.42 Å². The molecule has 176 valence electrons. The lowest BCUT2D eigenvalue weighted by Gasteiger charge is -2.30. The molecule has 1 fully saturated rings. The highest BCUT2D eigenvalue weighted by molar-refractivity contribution is 7.99. The number of rotatable bonds is 8. The maximum atomic E-state index is 12.7. The van der Waals surface area contributed by atoms with E-state index in [2.05, 4.69) is 21.8 Å². The third-order valence-corrected chi connectivity index (χ3v) is 6.95. The molecule has 0 radical (unpaired) electrons. The monoisotopic (exact) mass is 489 g/mol. The number of hydrogen-bond acceptors (Lipinski definition) is 7. The number of furan rings is 1. The molecule has 1 atom stereocenters. The van der Waals surface area contributed by atoms with Crippen molar-refractivity contribution in [3.63, 3.8) is 0 Å². The van der Waals surface area contributed by atoms with Crippen LogP contribution < -0.4 is 4.72 Å². The number of anilines is 1. The lowest BCUT2D eigenvalue weighted by Crippen LogP contribution is -2.40. The number of aromatic nitrogens is 3. The molecule has 1 amide bonds. The van der Waals surface area contributed by atoms with Crippen molar-refractivity contribution < 1.29 is 17.6 Å². The van der Waals surface area contributed by atoms with Crippen molar-refractivity contribution >= 4 is 33.4 Å². The van der Waals surface area contributed by atoms with Crippen LogP contribution in [0.1, 0.15) is 25.5 Å². The van der Waals surface area contributed by atoms with Crippen LogP contribution in [-0.2, 0) is 21.4 Å². The molecule has 11 heteroatoms. The van der Waals surface area contributed by atoms with Crippen molar-refractivity contribution in [3.8, 4) is 11.4 Å². The van der Waals surface area contributed by atoms with E-state index >= 15 is 0 Å². The summed E-state index contributed by atoms with van der Waals surface area (Å²) in [7, 11) is -3.36. The molecule has 4 rings (SSSR count). The average molecular weight is 490 g/mol. The lowest BCUT2D eigenvalue weighted by molar-refractivity contribution is -0.130. The number of hydrogen-bond donors (Lipinski definition) is 1. The molecule has 0 saturated carbocycles. The van der Waals surface area contributed by atoms with Crippen LogP contribution in [0.25, 0.3) is 11.4 Å². The Kier molecular flexibility index (Phi) is 7.08. The van der Waals surface area contributed by atoms with Crippen molar-refractivity contribution in [2.75, 3.05) is 29.8 Å². The van der Waals surface area contributed by atoms with Gasteiger partial charge in [-0.1, -0.05) is 18.7 Å². The highest BCUT2D eigenvalue weighted by Crippen LogP contribution is 2.27. The first kappa shape index (κ1) is 23.4. The average Bonchev–Trinajstić information content (AvgIpc) is 3.42. The summed E-state index contributed by atoms with van der Waals surface area (Å²) >= 11 is 1.36. The summed E-state index contributed by atoms with van der Waals surface area (Å²) < 4.78 is 32.8. The van der Waals surface area contributed by atoms with Crippen molar-refractivity contribution in [2.24, 2.45) is 5.92 Å². The maximum absolute atomic E-state index is 12.7. The molecule has 0 aliphatic carbocycles. The zero-order chi connectivity index (χ0) is 23.4. The molecule has 9 nitrogen and oxygen atoms in total. The van der Waals surface area contributed by atoms with Crippen molar-refractivity contribution in [1.29, 1.82) is 0 Å². The Morgan fingerprint density at radius 2 is 2.03 bits per heavy atom. The number of likely N-dealkylation sites (tertiary alicyclic amines) is 1.